The first kappa shape index (κ1) is 33.2. The molecular weight excluding hydrogens is 689 g/mol. The smallest absolute Gasteiger partial charge is 0.0647 e. The molecule has 1 aliphatic rings. The average Bonchev–Trinajstić information content (AvgIpc) is 3.88. The number of hydrogen-bond donors (Lipinski definition) is 0. The maximum Gasteiger partial charge on any atom is 0.0647 e. The topological polar surface area (TPSA) is 9.86 Å². The second-order valence-corrected chi connectivity index (χ2v) is 15.7. The van der Waals surface area contributed by atoms with E-state index in [1.807, 2.05) is 0 Å². The first-order valence-corrected chi connectivity index (χ1v) is 19.9. The van der Waals surface area contributed by atoms with E-state index < -0.39 is 0 Å². The van der Waals surface area contributed by atoms with E-state index in [9.17, 15) is 0 Å². The summed E-state index contributed by atoms with van der Waals surface area (Å²) in [5.74, 6) is 0. The fourth-order valence-electron chi connectivity index (χ4n) is 9.52. The summed E-state index contributed by atoms with van der Waals surface area (Å²) in [7, 11) is 0. The van der Waals surface area contributed by atoms with Crippen LogP contribution in [0.1, 0.15) is 25.0 Å². The Bertz CT molecular complexity index is 3110. The molecule has 0 amide bonds. The van der Waals surface area contributed by atoms with Gasteiger partial charge in [0.15, 0.2) is 0 Å². The predicted octanol–water partition coefficient (Wildman–Crippen LogP) is 14.5. The fraction of sp³-hybridized carbons (Fsp3) is 0.0545. The van der Waals surface area contributed by atoms with Crippen LogP contribution >= 0.6 is 0 Å². The maximum absolute atomic E-state index is 2.55. The van der Waals surface area contributed by atoms with Crippen molar-refractivity contribution in [3.05, 3.63) is 217 Å². The third-order valence-electron chi connectivity index (χ3n) is 12.2. The average molecular weight is 729 g/mol. The molecule has 0 N–H and O–H groups in total. The molecule has 2 nitrogen and oxygen atoms in total. The van der Waals surface area contributed by atoms with Crippen molar-refractivity contribution in [3.8, 4) is 67.3 Å². The van der Waals surface area contributed by atoms with Crippen LogP contribution in [0.5, 0.6) is 0 Å². The number of fused-ring (bicyclic) bond motifs is 5. The number of benzene rings is 8. The number of hydrogen-bond acceptors (Lipinski definition) is 0. The molecule has 10 aromatic rings. The first-order chi connectivity index (χ1) is 28.1. The van der Waals surface area contributed by atoms with Gasteiger partial charge in [-0.1, -0.05) is 184 Å². The Morgan fingerprint density at radius 1 is 0.333 bits per heavy atom. The number of nitrogens with zero attached hydrogens (tertiary/aromatic N) is 2. The highest BCUT2D eigenvalue weighted by Crippen LogP contribution is 2.53. The predicted molar refractivity (Wildman–Crippen MR) is 239 cm³/mol. The van der Waals surface area contributed by atoms with Gasteiger partial charge in [-0.15, -0.1) is 0 Å². The molecular formula is C55H40N2. The molecule has 2 heterocycles. The van der Waals surface area contributed by atoms with Crippen LogP contribution in [0.2, 0.25) is 0 Å². The van der Waals surface area contributed by atoms with Gasteiger partial charge in [0.25, 0.3) is 0 Å². The highest BCUT2D eigenvalue weighted by atomic mass is 15.0. The Balaban J connectivity index is 1.27. The minimum atomic E-state index is -0.134. The van der Waals surface area contributed by atoms with Crippen molar-refractivity contribution < 1.29 is 0 Å². The normalized spacial score (nSPS) is 12.9. The van der Waals surface area contributed by atoms with Gasteiger partial charge in [0.1, 0.15) is 0 Å². The molecule has 0 saturated carbocycles. The summed E-state index contributed by atoms with van der Waals surface area (Å²) >= 11 is 0. The third kappa shape index (κ3) is 5.11. The van der Waals surface area contributed by atoms with Gasteiger partial charge in [0.2, 0.25) is 0 Å². The fourth-order valence-corrected chi connectivity index (χ4v) is 9.52. The van der Waals surface area contributed by atoms with Crippen LogP contribution in [0.3, 0.4) is 0 Å². The van der Waals surface area contributed by atoms with Crippen molar-refractivity contribution >= 4 is 21.8 Å². The molecule has 0 atom stereocenters. The van der Waals surface area contributed by atoms with E-state index in [0.717, 1.165) is 16.9 Å². The lowest BCUT2D eigenvalue weighted by atomic mass is 9.82. The molecule has 8 aromatic carbocycles. The molecule has 1 aliphatic carbocycles. The van der Waals surface area contributed by atoms with Gasteiger partial charge in [-0.2, -0.15) is 0 Å². The molecule has 11 rings (SSSR count). The zero-order chi connectivity index (χ0) is 38.1. The van der Waals surface area contributed by atoms with Crippen LogP contribution < -0.4 is 0 Å². The van der Waals surface area contributed by atoms with Gasteiger partial charge in [0, 0.05) is 38.7 Å². The van der Waals surface area contributed by atoms with Crippen molar-refractivity contribution in [1.29, 1.82) is 0 Å². The molecule has 0 bridgehead atoms. The van der Waals surface area contributed by atoms with E-state index in [2.05, 4.69) is 229 Å². The van der Waals surface area contributed by atoms with Crippen molar-refractivity contribution in [2.75, 3.05) is 0 Å². The van der Waals surface area contributed by atoms with E-state index in [1.165, 1.54) is 83.3 Å². The van der Waals surface area contributed by atoms with Crippen LogP contribution in [0.25, 0.3) is 89.1 Å². The second kappa shape index (κ2) is 13.0. The summed E-state index contributed by atoms with van der Waals surface area (Å²) in [6.45, 7) is 4.74. The lowest BCUT2D eigenvalue weighted by molar-refractivity contribution is 0.660. The van der Waals surface area contributed by atoms with E-state index in [4.69, 9.17) is 0 Å². The molecule has 0 radical (unpaired) electrons. The highest BCUT2D eigenvalue weighted by molar-refractivity contribution is 6.14. The lowest BCUT2D eigenvalue weighted by Gasteiger charge is -2.23. The summed E-state index contributed by atoms with van der Waals surface area (Å²) < 4.78 is 5.03. The molecule has 57 heavy (non-hydrogen) atoms. The van der Waals surface area contributed by atoms with Crippen molar-refractivity contribution in [2.24, 2.45) is 0 Å². The zero-order valence-electron chi connectivity index (χ0n) is 32.0. The van der Waals surface area contributed by atoms with E-state index in [0.29, 0.717) is 0 Å². The Hall–Kier alpha value is -7.16. The van der Waals surface area contributed by atoms with Crippen LogP contribution in [0.15, 0.2) is 206 Å². The molecule has 0 saturated heterocycles. The monoisotopic (exact) mass is 728 g/mol. The summed E-state index contributed by atoms with van der Waals surface area (Å²) in [6, 6.07) is 75.6. The number of rotatable bonds is 6. The van der Waals surface area contributed by atoms with Gasteiger partial charge < -0.3 is 9.13 Å². The Labute approximate surface area is 333 Å². The Morgan fingerprint density at radius 3 is 1.47 bits per heavy atom. The van der Waals surface area contributed by atoms with Gasteiger partial charge in [-0.3, -0.25) is 0 Å². The molecule has 2 aromatic heterocycles. The molecule has 270 valence electrons. The quantitative estimate of drug-likeness (QED) is 0.161. The van der Waals surface area contributed by atoms with Crippen LogP contribution in [0, 0.1) is 0 Å². The third-order valence-corrected chi connectivity index (χ3v) is 12.2. The van der Waals surface area contributed by atoms with Crippen molar-refractivity contribution in [2.45, 2.75) is 19.3 Å². The molecule has 0 fully saturated rings. The SMILES string of the molecule is CC1(C)c2ccccc2-c2ccc(-n3c(-c4c(-c5ccccc5)n(-c5ccc(-c6ccccc6)cc5)c5ccccc45)c(-c4ccccc4)c4ccccc43)cc21. The summed E-state index contributed by atoms with van der Waals surface area (Å²) in [5.41, 5.74) is 19.4. The minimum Gasteiger partial charge on any atom is -0.309 e. The molecule has 0 spiro atoms. The van der Waals surface area contributed by atoms with Crippen molar-refractivity contribution in [3.63, 3.8) is 0 Å². The van der Waals surface area contributed by atoms with Crippen LogP contribution in [0.4, 0.5) is 0 Å². The second-order valence-electron chi connectivity index (χ2n) is 15.7. The number of aromatic nitrogens is 2. The number of para-hydroxylation sites is 2. The molecule has 0 aliphatic heterocycles. The van der Waals surface area contributed by atoms with Gasteiger partial charge in [-0.25, -0.2) is 0 Å². The Morgan fingerprint density at radius 2 is 0.807 bits per heavy atom. The highest BCUT2D eigenvalue weighted by Gasteiger charge is 2.36. The first-order valence-electron chi connectivity index (χ1n) is 19.9. The standard InChI is InChI=1S/C55H40N2/c1-55(2)47-27-15-12-24-43(47)44-35-34-42(36-48(44)55)57-49-28-16-13-25-45(49)51(39-20-8-4-9-21-39)54(57)52-46-26-14-17-29-50(46)56(53(52)40-22-10-5-11-23-40)41-32-30-38(31-33-41)37-18-6-3-7-19-37/h3-36H,1-2H3. The van der Waals surface area contributed by atoms with Crippen molar-refractivity contribution in [1.82, 2.24) is 9.13 Å². The lowest BCUT2D eigenvalue weighted by Crippen LogP contribution is -2.15. The van der Waals surface area contributed by atoms with Gasteiger partial charge in [0.05, 0.1) is 22.4 Å². The Kier molecular flexibility index (Phi) is 7.55. The van der Waals surface area contributed by atoms with Gasteiger partial charge in [-0.05, 0) is 80.9 Å². The largest absolute Gasteiger partial charge is 0.309 e. The minimum absolute atomic E-state index is 0.134. The van der Waals surface area contributed by atoms with Crippen LogP contribution in [-0.4, -0.2) is 9.13 Å². The molecule has 2 heteroatoms. The van der Waals surface area contributed by atoms with Crippen LogP contribution in [-0.2, 0) is 5.41 Å². The summed E-state index contributed by atoms with van der Waals surface area (Å²) in [5, 5.41) is 2.43. The van der Waals surface area contributed by atoms with E-state index in [1.54, 1.807) is 0 Å². The van der Waals surface area contributed by atoms with Gasteiger partial charge >= 0.3 is 0 Å². The summed E-state index contributed by atoms with van der Waals surface area (Å²) in [6.07, 6.45) is 0. The summed E-state index contributed by atoms with van der Waals surface area (Å²) in [4.78, 5) is 0. The molecule has 0 unspecified atom stereocenters. The zero-order valence-corrected chi connectivity index (χ0v) is 32.0. The van der Waals surface area contributed by atoms with E-state index >= 15 is 0 Å². The maximum atomic E-state index is 2.55. The van der Waals surface area contributed by atoms with E-state index in [-0.39, 0.29) is 5.41 Å².